The summed E-state index contributed by atoms with van der Waals surface area (Å²) in [6, 6.07) is 9.59. The lowest BCUT2D eigenvalue weighted by Crippen LogP contribution is -2.17. The number of thiophene rings is 1. The number of hydrogen-bond acceptors (Lipinski definition) is 6. The molecule has 4 aromatic rings. The molecule has 4 rings (SSSR count). The number of pyridine rings is 1. The predicted molar refractivity (Wildman–Crippen MR) is 108 cm³/mol. The Hall–Kier alpha value is -3.10. The normalized spacial score (nSPS) is 11.3. The van der Waals surface area contributed by atoms with Crippen LogP contribution in [0.15, 0.2) is 47.4 Å². The third kappa shape index (κ3) is 3.64. The number of carbonyl (C=O) groups excluding carboxylic acids is 1. The van der Waals surface area contributed by atoms with E-state index >= 15 is 0 Å². The van der Waals surface area contributed by atoms with Gasteiger partial charge in [-0.1, -0.05) is 12.1 Å². The number of carbonyl (C=O) groups is 1. The molecule has 0 atom stereocenters. The van der Waals surface area contributed by atoms with Gasteiger partial charge in [0.2, 0.25) is 0 Å². The lowest BCUT2D eigenvalue weighted by molar-refractivity contribution is 0.0469. The monoisotopic (exact) mass is 412 g/mol. The number of ether oxygens (including phenoxy) is 2. The van der Waals surface area contributed by atoms with E-state index in [-0.39, 0.29) is 23.7 Å². The van der Waals surface area contributed by atoms with E-state index in [1.807, 2.05) is 13.0 Å². The first kappa shape index (κ1) is 19.2. The van der Waals surface area contributed by atoms with Crippen molar-refractivity contribution in [3.05, 3.63) is 80.5 Å². The van der Waals surface area contributed by atoms with Crippen LogP contribution in [0.5, 0.6) is 0 Å². The highest BCUT2D eigenvalue weighted by atomic mass is 32.1. The molecule has 8 heteroatoms. The summed E-state index contributed by atoms with van der Waals surface area (Å²) in [5.41, 5.74) is 1.94. The molecular weight excluding hydrogens is 395 g/mol. The maximum atomic E-state index is 14.3. The van der Waals surface area contributed by atoms with Gasteiger partial charge in [0.15, 0.2) is 0 Å². The molecule has 0 aliphatic heterocycles. The number of benzene rings is 1. The molecule has 0 saturated carbocycles. The van der Waals surface area contributed by atoms with Crippen molar-refractivity contribution in [1.29, 1.82) is 0 Å². The van der Waals surface area contributed by atoms with Crippen LogP contribution in [0.4, 0.5) is 4.39 Å². The fraction of sp³-hybridized carbons (Fsp3) is 0.190. The van der Waals surface area contributed by atoms with Gasteiger partial charge in [-0.25, -0.2) is 14.2 Å². The molecule has 0 fully saturated rings. The molecule has 3 aromatic heterocycles. The Morgan fingerprint density at radius 1 is 1.24 bits per heavy atom. The third-order valence-electron chi connectivity index (χ3n) is 4.45. The maximum absolute atomic E-state index is 14.3. The molecule has 0 aliphatic carbocycles. The number of rotatable bonds is 5. The molecule has 0 N–H and O–H groups in total. The van der Waals surface area contributed by atoms with E-state index in [0.29, 0.717) is 27.0 Å². The number of halogens is 1. The lowest BCUT2D eigenvalue weighted by atomic mass is 10.1. The second-order valence-corrected chi connectivity index (χ2v) is 7.60. The highest BCUT2D eigenvalue weighted by Crippen LogP contribution is 2.34. The van der Waals surface area contributed by atoms with Crippen LogP contribution in [0, 0.1) is 12.7 Å². The summed E-state index contributed by atoms with van der Waals surface area (Å²) in [6.07, 6.45) is 1.70. The van der Waals surface area contributed by atoms with Crippen molar-refractivity contribution in [3.8, 4) is 0 Å². The van der Waals surface area contributed by atoms with Crippen molar-refractivity contribution >= 4 is 33.0 Å². The van der Waals surface area contributed by atoms with Gasteiger partial charge in [-0.2, -0.15) is 0 Å². The van der Waals surface area contributed by atoms with E-state index in [4.69, 9.17) is 9.47 Å². The molecule has 1 aromatic carbocycles. The van der Waals surface area contributed by atoms with Gasteiger partial charge in [0, 0.05) is 35.0 Å². The summed E-state index contributed by atoms with van der Waals surface area (Å²) >= 11 is 1.15. The van der Waals surface area contributed by atoms with Crippen LogP contribution in [0.1, 0.15) is 26.5 Å². The Balaban J connectivity index is 1.63. The van der Waals surface area contributed by atoms with Gasteiger partial charge in [-0.05, 0) is 30.7 Å². The summed E-state index contributed by atoms with van der Waals surface area (Å²) in [5, 5.41) is 0.365. The fourth-order valence-corrected chi connectivity index (χ4v) is 4.27. The number of aryl methyl sites for hydroxylation is 1. The Kier molecular flexibility index (Phi) is 5.12. The molecule has 6 nitrogen and oxygen atoms in total. The van der Waals surface area contributed by atoms with Crippen LogP contribution in [-0.4, -0.2) is 22.5 Å². The largest absolute Gasteiger partial charge is 0.455 e. The molecule has 0 unspecified atom stereocenters. The Bertz CT molecular complexity index is 1300. The summed E-state index contributed by atoms with van der Waals surface area (Å²) in [4.78, 5) is 29.6. The number of aromatic nitrogens is 2. The average Bonchev–Trinajstić information content (AvgIpc) is 3.07. The van der Waals surface area contributed by atoms with Gasteiger partial charge in [0.25, 0.3) is 5.56 Å². The minimum atomic E-state index is -0.608. The van der Waals surface area contributed by atoms with E-state index in [0.717, 1.165) is 16.9 Å². The maximum Gasteiger partial charge on any atom is 0.349 e. The van der Waals surface area contributed by atoms with Crippen molar-refractivity contribution < 1.29 is 18.7 Å². The SMILES string of the molecule is COCc1c(C(=O)OCc2cc(=O)n3cc(C)ccc3n2)sc2cccc(F)c12. The first-order chi connectivity index (χ1) is 14.0. The third-order valence-corrected chi connectivity index (χ3v) is 5.63. The van der Waals surface area contributed by atoms with Gasteiger partial charge in [-0.15, -0.1) is 11.3 Å². The van der Waals surface area contributed by atoms with Crippen molar-refractivity contribution in [3.63, 3.8) is 0 Å². The van der Waals surface area contributed by atoms with Crippen LogP contribution < -0.4 is 5.56 Å². The molecular formula is C21H17FN2O4S. The van der Waals surface area contributed by atoms with Crippen molar-refractivity contribution in [1.82, 2.24) is 9.38 Å². The van der Waals surface area contributed by atoms with Crippen molar-refractivity contribution in [2.24, 2.45) is 0 Å². The Labute approximate surface area is 169 Å². The van der Waals surface area contributed by atoms with Gasteiger partial charge in [-0.3, -0.25) is 9.20 Å². The molecule has 0 amide bonds. The van der Waals surface area contributed by atoms with Gasteiger partial charge >= 0.3 is 5.97 Å². The summed E-state index contributed by atoms with van der Waals surface area (Å²) in [6.45, 7) is 1.80. The second kappa shape index (κ2) is 7.73. The summed E-state index contributed by atoms with van der Waals surface area (Å²) in [5.74, 6) is -1.02. The van der Waals surface area contributed by atoms with Crippen molar-refractivity contribution in [2.75, 3.05) is 7.11 Å². The molecule has 29 heavy (non-hydrogen) atoms. The summed E-state index contributed by atoms with van der Waals surface area (Å²) < 4.78 is 26.9. The Morgan fingerprint density at radius 3 is 2.86 bits per heavy atom. The van der Waals surface area contributed by atoms with E-state index in [1.165, 1.54) is 23.6 Å². The van der Waals surface area contributed by atoms with Crippen LogP contribution in [-0.2, 0) is 22.7 Å². The van der Waals surface area contributed by atoms with E-state index in [1.54, 1.807) is 24.4 Å². The van der Waals surface area contributed by atoms with Gasteiger partial charge in [0.05, 0.1) is 12.3 Å². The topological polar surface area (TPSA) is 69.9 Å². The van der Waals surface area contributed by atoms with Crippen molar-refractivity contribution in [2.45, 2.75) is 20.1 Å². The number of methoxy groups -OCH3 is 1. The number of hydrogen-bond donors (Lipinski definition) is 0. The first-order valence-electron chi connectivity index (χ1n) is 8.83. The predicted octanol–water partition coefficient (Wildman–Crippen LogP) is 3.86. The molecule has 148 valence electrons. The van der Waals surface area contributed by atoms with Crippen LogP contribution in [0.2, 0.25) is 0 Å². The zero-order chi connectivity index (χ0) is 20.5. The van der Waals surface area contributed by atoms with Crippen LogP contribution in [0.25, 0.3) is 15.7 Å². The van der Waals surface area contributed by atoms with E-state index in [9.17, 15) is 14.0 Å². The summed E-state index contributed by atoms with van der Waals surface area (Å²) in [7, 11) is 1.48. The van der Waals surface area contributed by atoms with Gasteiger partial charge in [0.1, 0.15) is 22.9 Å². The fourth-order valence-electron chi connectivity index (χ4n) is 3.15. The number of nitrogens with zero attached hydrogens (tertiary/aromatic N) is 2. The second-order valence-electron chi connectivity index (χ2n) is 6.55. The lowest BCUT2D eigenvalue weighted by Gasteiger charge is -2.07. The molecule has 3 heterocycles. The zero-order valence-electron chi connectivity index (χ0n) is 15.8. The minimum absolute atomic E-state index is 0.0836. The first-order valence-corrected chi connectivity index (χ1v) is 9.64. The number of fused-ring (bicyclic) bond motifs is 2. The molecule has 0 bridgehead atoms. The highest BCUT2D eigenvalue weighted by molar-refractivity contribution is 7.21. The van der Waals surface area contributed by atoms with Crippen LogP contribution >= 0.6 is 11.3 Å². The molecule has 0 radical (unpaired) electrons. The van der Waals surface area contributed by atoms with Gasteiger partial charge < -0.3 is 9.47 Å². The van der Waals surface area contributed by atoms with E-state index in [2.05, 4.69) is 4.98 Å². The average molecular weight is 412 g/mol. The molecule has 0 aliphatic rings. The number of esters is 1. The molecule has 0 spiro atoms. The highest BCUT2D eigenvalue weighted by Gasteiger charge is 2.22. The molecule has 0 saturated heterocycles. The smallest absolute Gasteiger partial charge is 0.349 e. The van der Waals surface area contributed by atoms with E-state index < -0.39 is 11.8 Å². The van der Waals surface area contributed by atoms with Crippen LogP contribution in [0.3, 0.4) is 0 Å². The quantitative estimate of drug-likeness (QED) is 0.466. The Morgan fingerprint density at radius 2 is 2.07 bits per heavy atom. The zero-order valence-corrected chi connectivity index (χ0v) is 16.6. The minimum Gasteiger partial charge on any atom is -0.455 e. The standard InChI is InChI=1S/C21H17FN2O4S/c1-12-6-7-17-23-13(8-18(25)24(17)9-12)10-28-21(26)20-14(11-27-2)19-15(22)4-3-5-16(19)29-20/h3-9H,10-11H2,1-2H3.